The number of benzene rings is 2. The molecule has 0 bridgehead atoms. The summed E-state index contributed by atoms with van der Waals surface area (Å²) in [5.41, 5.74) is 13.2. The second-order valence-electron chi connectivity index (χ2n) is 9.32. The zero-order chi connectivity index (χ0) is 24.3. The number of nitrogens with one attached hydrogen (secondary N) is 2. The molecule has 1 aliphatic carbocycles. The summed E-state index contributed by atoms with van der Waals surface area (Å²) in [4.78, 5) is 19.5. The second-order valence-corrected chi connectivity index (χ2v) is 9.32. The zero-order valence-electron chi connectivity index (χ0n) is 19.3. The molecular formula is C27H22N8O. The summed E-state index contributed by atoms with van der Waals surface area (Å²) >= 11 is 0. The molecule has 1 aliphatic rings. The van der Waals surface area contributed by atoms with Crippen molar-refractivity contribution in [1.29, 1.82) is 0 Å². The number of hydrogen-bond acceptors (Lipinski definition) is 6. The van der Waals surface area contributed by atoms with Crippen molar-refractivity contribution in [3.05, 3.63) is 88.8 Å². The largest absolute Gasteiger partial charge is 0.341 e. The van der Waals surface area contributed by atoms with Gasteiger partial charge in [-0.3, -0.25) is 9.38 Å². The minimum Gasteiger partial charge on any atom is -0.321 e. The molecule has 0 saturated heterocycles. The lowest BCUT2D eigenvalue weighted by Gasteiger charge is -2.38. The first-order valence-electron chi connectivity index (χ1n) is 11.9. The third-order valence-corrected chi connectivity index (χ3v) is 7.13. The normalized spacial score (nSPS) is 14.8. The number of nitrogens with two attached hydrogens (primary N) is 1. The summed E-state index contributed by atoms with van der Waals surface area (Å²) in [6.07, 6.45) is 3.22. The lowest BCUT2D eigenvalue weighted by Crippen LogP contribution is -2.43. The average Bonchev–Trinajstić information content (AvgIpc) is 3.53. The van der Waals surface area contributed by atoms with Crippen molar-refractivity contribution in [2.45, 2.75) is 24.8 Å². The number of hydrogen-bond donors (Lipinski definition) is 3. The van der Waals surface area contributed by atoms with Gasteiger partial charge in [0.1, 0.15) is 0 Å². The van der Waals surface area contributed by atoms with Gasteiger partial charge >= 0.3 is 5.69 Å². The molecule has 2 aromatic carbocycles. The molecule has 7 rings (SSSR count). The highest BCUT2D eigenvalue weighted by atomic mass is 16.1. The van der Waals surface area contributed by atoms with Crippen LogP contribution in [-0.4, -0.2) is 34.8 Å². The second kappa shape index (κ2) is 7.69. The van der Waals surface area contributed by atoms with E-state index in [0.29, 0.717) is 17.3 Å². The molecule has 6 aromatic rings. The lowest BCUT2D eigenvalue weighted by molar-refractivity contribution is 0.253. The van der Waals surface area contributed by atoms with Crippen molar-refractivity contribution < 1.29 is 0 Å². The summed E-state index contributed by atoms with van der Waals surface area (Å²) in [5, 5.41) is 15.0. The Hall–Kier alpha value is -4.63. The summed E-state index contributed by atoms with van der Waals surface area (Å²) in [6, 6.07) is 24.5. The van der Waals surface area contributed by atoms with Crippen LogP contribution < -0.4 is 11.4 Å². The molecule has 0 spiro atoms. The van der Waals surface area contributed by atoms with E-state index in [9.17, 15) is 4.79 Å². The fraction of sp³-hybridized carbons (Fsp3) is 0.148. The van der Waals surface area contributed by atoms with Crippen LogP contribution in [0.1, 0.15) is 24.8 Å². The van der Waals surface area contributed by atoms with Crippen molar-refractivity contribution >= 4 is 16.7 Å². The van der Waals surface area contributed by atoms with Crippen molar-refractivity contribution in [3.63, 3.8) is 0 Å². The molecule has 0 atom stereocenters. The minimum absolute atomic E-state index is 0.207. The average molecular weight is 475 g/mol. The van der Waals surface area contributed by atoms with E-state index in [4.69, 9.17) is 10.7 Å². The van der Waals surface area contributed by atoms with Crippen molar-refractivity contribution in [2.24, 2.45) is 5.73 Å². The summed E-state index contributed by atoms with van der Waals surface area (Å²) in [6.45, 7) is 0. The number of pyridine rings is 2. The van der Waals surface area contributed by atoms with Gasteiger partial charge in [-0.2, -0.15) is 0 Å². The van der Waals surface area contributed by atoms with Crippen LogP contribution in [0.4, 0.5) is 0 Å². The summed E-state index contributed by atoms with van der Waals surface area (Å²) < 4.78 is 1.86. The highest BCUT2D eigenvalue weighted by Gasteiger charge is 2.34. The molecule has 1 fully saturated rings. The van der Waals surface area contributed by atoms with Crippen LogP contribution in [0, 0.1) is 0 Å². The van der Waals surface area contributed by atoms with Crippen LogP contribution in [0.2, 0.25) is 0 Å². The first-order chi connectivity index (χ1) is 17.6. The van der Waals surface area contributed by atoms with Gasteiger partial charge in [-0.25, -0.2) is 14.9 Å². The molecular weight excluding hydrogens is 452 g/mol. The van der Waals surface area contributed by atoms with E-state index in [1.54, 1.807) is 0 Å². The van der Waals surface area contributed by atoms with Crippen LogP contribution >= 0.6 is 0 Å². The fourth-order valence-electron chi connectivity index (χ4n) is 5.01. The van der Waals surface area contributed by atoms with Crippen molar-refractivity contribution in [2.75, 3.05) is 0 Å². The predicted molar refractivity (Wildman–Crippen MR) is 137 cm³/mol. The molecule has 36 heavy (non-hydrogen) atoms. The Morgan fingerprint density at radius 3 is 2.42 bits per heavy atom. The smallest absolute Gasteiger partial charge is 0.321 e. The maximum Gasteiger partial charge on any atom is 0.341 e. The van der Waals surface area contributed by atoms with Gasteiger partial charge in [0.2, 0.25) is 5.82 Å². The predicted octanol–water partition coefficient (Wildman–Crippen LogP) is 4.03. The van der Waals surface area contributed by atoms with E-state index in [1.807, 2.05) is 34.7 Å². The Kier molecular flexibility index (Phi) is 4.43. The fourth-order valence-corrected chi connectivity index (χ4v) is 5.01. The van der Waals surface area contributed by atoms with Crippen LogP contribution in [0.5, 0.6) is 0 Å². The van der Waals surface area contributed by atoms with Crippen LogP contribution in [0.15, 0.2) is 77.6 Å². The molecule has 176 valence electrons. The summed E-state index contributed by atoms with van der Waals surface area (Å²) in [7, 11) is 0. The van der Waals surface area contributed by atoms with Gasteiger partial charge in [-0.05, 0) is 48.6 Å². The first kappa shape index (κ1) is 20.7. The number of fused-ring (bicyclic) bond motifs is 3. The van der Waals surface area contributed by atoms with Crippen LogP contribution in [-0.2, 0) is 5.54 Å². The standard InChI is InChI=1S/C27H22N8O/c28-27(13-4-14-27)18-9-7-17(8-10-18)23-19(16-5-2-1-3-6-16)15-21-20(29-23)11-12-22-31-33-25(35(21)22)24-30-26(36)34-32-24/h1-3,5-12,15H,4,13-14,28H2,(H2,30,32,34,36). The van der Waals surface area contributed by atoms with E-state index in [2.05, 4.69) is 67.8 Å². The summed E-state index contributed by atoms with van der Waals surface area (Å²) in [5.74, 6) is 0.744. The highest BCUT2D eigenvalue weighted by molar-refractivity contribution is 5.91. The van der Waals surface area contributed by atoms with Crippen molar-refractivity contribution in [3.8, 4) is 34.0 Å². The van der Waals surface area contributed by atoms with E-state index in [0.717, 1.165) is 46.3 Å². The molecule has 0 unspecified atom stereocenters. The monoisotopic (exact) mass is 474 g/mol. The van der Waals surface area contributed by atoms with Gasteiger partial charge in [-0.1, -0.05) is 54.6 Å². The molecule has 4 aromatic heterocycles. The minimum atomic E-state index is -0.406. The number of aromatic nitrogens is 7. The zero-order valence-corrected chi connectivity index (χ0v) is 19.3. The van der Waals surface area contributed by atoms with Crippen LogP contribution in [0.25, 0.3) is 50.7 Å². The molecule has 4 N–H and O–H groups in total. The van der Waals surface area contributed by atoms with E-state index >= 15 is 0 Å². The van der Waals surface area contributed by atoms with E-state index in [1.165, 1.54) is 12.0 Å². The molecule has 0 amide bonds. The number of nitrogens with zero attached hydrogens (tertiary/aromatic N) is 5. The van der Waals surface area contributed by atoms with E-state index in [-0.39, 0.29) is 5.54 Å². The molecule has 0 aliphatic heterocycles. The van der Waals surface area contributed by atoms with Gasteiger partial charge in [-0.15, -0.1) is 15.3 Å². The lowest BCUT2D eigenvalue weighted by atomic mass is 9.72. The third-order valence-electron chi connectivity index (χ3n) is 7.13. The molecule has 9 heteroatoms. The van der Waals surface area contributed by atoms with Gasteiger partial charge in [0, 0.05) is 16.7 Å². The van der Waals surface area contributed by atoms with Crippen molar-refractivity contribution in [1.82, 2.24) is 34.8 Å². The first-order valence-corrected chi connectivity index (χ1v) is 11.9. The van der Waals surface area contributed by atoms with Gasteiger partial charge in [0.05, 0.1) is 16.7 Å². The maximum absolute atomic E-state index is 11.7. The maximum atomic E-state index is 11.7. The Morgan fingerprint density at radius 2 is 1.72 bits per heavy atom. The third kappa shape index (κ3) is 3.17. The highest BCUT2D eigenvalue weighted by Crippen LogP contribution is 2.40. The Balaban J connectivity index is 1.47. The molecule has 9 nitrogen and oxygen atoms in total. The quantitative estimate of drug-likeness (QED) is 0.354. The Bertz CT molecular complexity index is 1790. The molecule has 1 saturated carbocycles. The van der Waals surface area contributed by atoms with E-state index < -0.39 is 5.69 Å². The van der Waals surface area contributed by atoms with Gasteiger partial charge in [0.15, 0.2) is 11.5 Å². The number of rotatable bonds is 4. The topological polar surface area (TPSA) is 131 Å². The van der Waals surface area contributed by atoms with Gasteiger partial charge < -0.3 is 5.73 Å². The van der Waals surface area contributed by atoms with Crippen LogP contribution in [0.3, 0.4) is 0 Å². The molecule has 0 radical (unpaired) electrons. The Morgan fingerprint density at radius 1 is 0.917 bits per heavy atom. The Labute approximate surface area is 205 Å². The number of H-pyrrole nitrogens is 2. The SMILES string of the molecule is NC1(c2ccc(-c3nc4ccc5nnc(-c6n[nH]c(=O)[nH]6)n5c4cc3-c3ccccc3)cc2)CCC1. The number of aromatic amines is 2. The van der Waals surface area contributed by atoms with Gasteiger partial charge in [0.25, 0.3) is 0 Å². The molecule has 4 heterocycles.